The van der Waals surface area contributed by atoms with E-state index in [1.165, 1.54) is 44.4 Å². The van der Waals surface area contributed by atoms with E-state index in [2.05, 4.69) is 24.0 Å². The lowest BCUT2D eigenvalue weighted by molar-refractivity contribution is 0.356. The van der Waals surface area contributed by atoms with Gasteiger partial charge in [0.05, 0.1) is 0 Å². The molecule has 0 aromatic heterocycles. The summed E-state index contributed by atoms with van der Waals surface area (Å²) < 4.78 is 0. The van der Waals surface area contributed by atoms with Gasteiger partial charge in [-0.25, -0.2) is 0 Å². The van der Waals surface area contributed by atoms with Crippen molar-refractivity contribution in [1.29, 1.82) is 0 Å². The van der Waals surface area contributed by atoms with Crippen LogP contribution in [0.5, 0.6) is 0 Å². The van der Waals surface area contributed by atoms with E-state index in [4.69, 9.17) is 5.73 Å². The van der Waals surface area contributed by atoms with Gasteiger partial charge in [0.25, 0.3) is 0 Å². The summed E-state index contributed by atoms with van der Waals surface area (Å²) in [6, 6.07) is 0. The van der Waals surface area contributed by atoms with Crippen molar-refractivity contribution in [3.63, 3.8) is 0 Å². The largest absolute Gasteiger partial charge is 0.329 e. The maximum absolute atomic E-state index is 5.91. The molecule has 2 rings (SSSR count). The topological polar surface area (TPSA) is 38.0 Å². The fourth-order valence-electron chi connectivity index (χ4n) is 2.46. The maximum atomic E-state index is 5.91. The standard InChI is InChI=1S/C12H24N2S/c1-10-7-12(8-13,9-15-10)14-6-2-3-11-4-5-11/h10-11,14H,2-9,13H2,1H3. The lowest BCUT2D eigenvalue weighted by Gasteiger charge is -2.28. The first kappa shape index (κ1) is 11.7. The molecule has 3 N–H and O–H groups in total. The van der Waals surface area contributed by atoms with Crippen LogP contribution in [0.2, 0.25) is 0 Å². The van der Waals surface area contributed by atoms with Crippen LogP contribution in [0.4, 0.5) is 0 Å². The lowest BCUT2D eigenvalue weighted by Crippen LogP contribution is -2.52. The first-order chi connectivity index (χ1) is 7.24. The Hall–Kier alpha value is 0.270. The highest BCUT2D eigenvalue weighted by molar-refractivity contribution is 8.00. The molecule has 2 aliphatic rings. The van der Waals surface area contributed by atoms with Crippen molar-refractivity contribution in [3.8, 4) is 0 Å². The van der Waals surface area contributed by atoms with Crippen LogP contribution in [0.25, 0.3) is 0 Å². The van der Waals surface area contributed by atoms with E-state index in [9.17, 15) is 0 Å². The van der Waals surface area contributed by atoms with Crippen LogP contribution in [-0.4, -0.2) is 29.6 Å². The van der Waals surface area contributed by atoms with Gasteiger partial charge in [0, 0.05) is 23.1 Å². The van der Waals surface area contributed by atoms with Crippen molar-refractivity contribution in [2.45, 2.75) is 49.8 Å². The number of rotatable bonds is 6. The van der Waals surface area contributed by atoms with Crippen molar-refractivity contribution in [2.75, 3.05) is 18.8 Å². The number of hydrogen-bond donors (Lipinski definition) is 2. The molecule has 1 heterocycles. The minimum absolute atomic E-state index is 0.258. The molecular formula is C12H24N2S. The van der Waals surface area contributed by atoms with Gasteiger partial charge in [-0.2, -0.15) is 11.8 Å². The summed E-state index contributed by atoms with van der Waals surface area (Å²) in [7, 11) is 0. The number of hydrogen-bond acceptors (Lipinski definition) is 3. The molecule has 1 aliphatic carbocycles. The lowest BCUT2D eigenvalue weighted by atomic mass is 9.96. The maximum Gasteiger partial charge on any atom is 0.0405 e. The van der Waals surface area contributed by atoms with E-state index < -0.39 is 0 Å². The molecule has 2 nitrogen and oxygen atoms in total. The second-order valence-electron chi connectivity index (χ2n) is 5.32. The van der Waals surface area contributed by atoms with Gasteiger partial charge in [0.2, 0.25) is 0 Å². The second-order valence-corrected chi connectivity index (χ2v) is 6.75. The Balaban J connectivity index is 1.65. The summed E-state index contributed by atoms with van der Waals surface area (Å²) in [6.45, 7) is 4.28. The normalized spacial score (nSPS) is 36.0. The summed E-state index contributed by atoms with van der Waals surface area (Å²) in [6.07, 6.45) is 6.98. The second kappa shape index (κ2) is 5.07. The first-order valence-electron chi connectivity index (χ1n) is 6.31. The summed E-state index contributed by atoms with van der Waals surface area (Å²) in [5.74, 6) is 2.27. The van der Waals surface area contributed by atoms with Gasteiger partial charge in [0.1, 0.15) is 0 Å². The van der Waals surface area contributed by atoms with Crippen LogP contribution in [0.3, 0.4) is 0 Å². The monoisotopic (exact) mass is 228 g/mol. The molecule has 88 valence electrons. The molecule has 1 saturated carbocycles. The Morgan fingerprint density at radius 2 is 2.27 bits per heavy atom. The molecular weight excluding hydrogens is 204 g/mol. The van der Waals surface area contributed by atoms with E-state index in [0.717, 1.165) is 17.7 Å². The fourth-order valence-corrected chi connectivity index (χ4v) is 3.84. The van der Waals surface area contributed by atoms with Gasteiger partial charge in [-0.3, -0.25) is 0 Å². The third kappa shape index (κ3) is 3.36. The molecule has 2 fully saturated rings. The fraction of sp³-hybridized carbons (Fsp3) is 1.00. The molecule has 0 radical (unpaired) electrons. The molecule has 0 amide bonds. The molecule has 0 spiro atoms. The predicted molar refractivity (Wildman–Crippen MR) is 68.3 cm³/mol. The number of thioether (sulfide) groups is 1. The van der Waals surface area contributed by atoms with Crippen LogP contribution in [-0.2, 0) is 0 Å². The van der Waals surface area contributed by atoms with Crippen molar-refractivity contribution in [1.82, 2.24) is 5.32 Å². The van der Waals surface area contributed by atoms with Gasteiger partial charge < -0.3 is 11.1 Å². The Morgan fingerprint density at radius 1 is 1.47 bits per heavy atom. The zero-order valence-corrected chi connectivity index (χ0v) is 10.6. The molecule has 0 aromatic carbocycles. The van der Waals surface area contributed by atoms with Gasteiger partial charge in [-0.1, -0.05) is 19.8 Å². The Bertz CT molecular complexity index is 206. The van der Waals surface area contributed by atoms with E-state index in [1.807, 2.05) is 0 Å². The highest BCUT2D eigenvalue weighted by Crippen LogP contribution is 2.35. The quantitative estimate of drug-likeness (QED) is 0.683. The van der Waals surface area contributed by atoms with Crippen molar-refractivity contribution in [3.05, 3.63) is 0 Å². The molecule has 1 aliphatic heterocycles. The molecule has 0 aromatic rings. The van der Waals surface area contributed by atoms with Crippen LogP contribution in [0.1, 0.15) is 39.0 Å². The molecule has 1 saturated heterocycles. The van der Waals surface area contributed by atoms with E-state index in [-0.39, 0.29) is 5.54 Å². The smallest absolute Gasteiger partial charge is 0.0405 e. The predicted octanol–water partition coefficient (Wildman–Crippen LogP) is 1.99. The van der Waals surface area contributed by atoms with Gasteiger partial charge in [-0.05, 0) is 31.7 Å². The molecule has 0 bridgehead atoms. The molecule has 3 heteroatoms. The first-order valence-corrected chi connectivity index (χ1v) is 7.36. The van der Waals surface area contributed by atoms with Gasteiger partial charge in [-0.15, -0.1) is 0 Å². The van der Waals surface area contributed by atoms with Crippen LogP contribution in [0, 0.1) is 5.92 Å². The third-order valence-corrected chi connectivity index (χ3v) is 5.15. The number of nitrogens with two attached hydrogens (primary N) is 1. The summed E-state index contributed by atoms with van der Waals surface area (Å²) in [5, 5.41) is 4.49. The zero-order chi connectivity index (χ0) is 10.7. The average molecular weight is 228 g/mol. The molecule has 2 atom stereocenters. The summed E-state index contributed by atoms with van der Waals surface area (Å²) in [4.78, 5) is 0. The zero-order valence-electron chi connectivity index (χ0n) is 9.80. The van der Waals surface area contributed by atoms with Crippen molar-refractivity contribution >= 4 is 11.8 Å². The van der Waals surface area contributed by atoms with Crippen LogP contribution < -0.4 is 11.1 Å². The summed E-state index contributed by atoms with van der Waals surface area (Å²) in [5.41, 5.74) is 6.17. The minimum Gasteiger partial charge on any atom is -0.329 e. The van der Waals surface area contributed by atoms with Crippen molar-refractivity contribution < 1.29 is 0 Å². The van der Waals surface area contributed by atoms with Gasteiger partial charge >= 0.3 is 0 Å². The SMILES string of the molecule is CC1CC(CN)(NCCCC2CC2)CS1. The Labute approximate surface area is 97.8 Å². The van der Waals surface area contributed by atoms with Gasteiger partial charge in [0.15, 0.2) is 0 Å². The minimum atomic E-state index is 0.258. The highest BCUT2D eigenvalue weighted by atomic mass is 32.2. The van der Waals surface area contributed by atoms with E-state index >= 15 is 0 Å². The highest BCUT2D eigenvalue weighted by Gasteiger charge is 2.36. The van der Waals surface area contributed by atoms with E-state index in [0.29, 0.717) is 0 Å². The van der Waals surface area contributed by atoms with E-state index in [1.54, 1.807) is 0 Å². The third-order valence-electron chi connectivity index (χ3n) is 3.70. The number of nitrogens with one attached hydrogen (secondary N) is 1. The van der Waals surface area contributed by atoms with Crippen molar-refractivity contribution in [2.24, 2.45) is 11.7 Å². The van der Waals surface area contributed by atoms with Crippen LogP contribution in [0.15, 0.2) is 0 Å². The average Bonchev–Trinajstić information content (AvgIpc) is 2.98. The Kier molecular flexibility index (Phi) is 3.97. The van der Waals surface area contributed by atoms with Crippen LogP contribution >= 0.6 is 11.8 Å². The Morgan fingerprint density at radius 3 is 2.80 bits per heavy atom. The molecule has 2 unspecified atom stereocenters. The molecule has 15 heavy (non-hydrogen) atoms. The summed E-state index contributed by atoms with van der Waals surface area (Å²) >= 11 is 2.06.